The molecule has 8 heteroatoms. The number of nitrogens with one attached hydrogen (secondary N) is 1. The first-order valence-corrected chi connectivity index (χ1v) is 11.3. The van der Waals surface area contributed by atoms with E-state index in [9.17, 15) is 4.79 Å². The third-order valence-corrected chi connectivity index (χ3v) is 5.40. The van der Waals surface area contributed by atoms with Crippen molar-refractivity contribution in [3.8, 4) is 23.0 Å². The van der Waals surface area contributed by atoms with Crippen LogP contribution in [0.25, 0.3) is 0 Å². The molecule has 3 aromatic rings. The van der Waals surface area contributed by atoms with Crippen LogP contribution in [-0.2, 0) is 17.8 Å². The van der Waals surface area contributed by atoms with Gasteiger partial charge in [0, 0.05) is 0 Å². The number of nitrogens with zero attached hydrogens (tertiary/aromatic N) is 2. The highest BCUT2D eigenvalue weighted by Crippen LogP contribution is 2.30. The molecule has 0 spiro atoms. The van der Waals surface area contributed by atoms with Gasteiger partial charge in [0.25, 0.3) is 0 Å². The minimum atomic E-state index is -0.122. The van der Waals surface area contributed by atoms with Gasteiger partial charge in [-0.3, -0.25) is 9.48 Å². The first-order valence-electron chi connectivity index (χ1n) is 11.3. The summed E-state index contributed by atoms with van der Waals surface area (Å²) >= 11 is 0. The highest BCUT2D eigenvalue weighted by Gasteiger charge is 2.16. The molecule has 2 aromatic carbocycles. The Morgan fingerprint density at radius 2 is 1.50 bits per heavy atom. The Kier molecular flexibility index (Phi) is 8.40. The Bertz CT molecular complexity index is 1140. The molecule has 0 fully saturated rings. The lowest BCUT2D eigenvalue weighted by molar-refractivity contribution is -0.115. The van der Waals surface area contributed by atoms with Crippen LogP contribution >= 0.6 is 0 Å². The van der Waals surface area contributed by atoms with E-state index in [0.717, 1.165) is 28.2 Å². The lowest BCUT2D eigenvalue weighted by atomic mass is 10.1. The standard InChI is InChI=1S/C26H33N3O5/c1-7-33-22-12-9-19(13-24(22)34-8-2)15-25(30)27-26-17(3)28-29(18(26)4)16-20-10-11-21(31-5)23(14-20)32-6/h9-14H,7-8,15-16H2,1-6H3,(H,27,30). The van der Waals surface area contributed by atoms with Crippen LogP contribution in [0.1, 0.15) is 36.4 Å². The van der Waals surface area contributed by atoms with E-state index in [-0.39, 0.29) is 12.3 Å². The molecular weight excluding hydrogens is 434 g/mol. The van der Waals surface area contributed by atoms with Crippen LogP contribution in [0.15, 0.2) is 36.4 Å². The summed E-state index contributed by atoms with van der Waals surface area (Å²) in [4.78, 5) is 12.8. The number of aromatic nitrogens is 2. The Hall–Kier alpha value is -3.68. The average molecular weight is 468 g/mol. The molecule has 0 aliphatic rings. The summed E-state index contributed by atoms with van der Waals surface area (Å²) in [6, 6.07) is 11.3. The highest BCUT2D eigenvalue weighted by atomic mass is 16.5. The van der Waals surface area contributed by atoms with Crippen LogP contribution < -0.4 is 24.3 Å². The van der Waals surface area contributed by atoms with Crippen molar-refractivity contribution in [3.05, 3.63) is 58.9 Å². The number of methoxy groups -OCH3 is 2. The summed E-state index contributed by atoms with van der Waals surface area (Å²) in [5, 5.41) is 7.65. The fourth-order valence-corrected chi connectivity index (χ4v) is 3.76. The molecule has 0 bridgehead atoms. The van der Waals surface area contributed by atoms with E-state index in [4.69, 9.17) is 18.9 Å². The van der Waals surface area contributed by atoms with E-state index in [2.05, 4.69) is 10.4 Å². The quantitative estimate of drug-likeness (QED) is 0.446. The summed E-state index contributed by atoms with van der Waals surface area (Å²) in [6.45, 7) is 9.28. The van der Waals surface area contributed by atoms with Gasteiger partial charge in [0.2, 0.25) is 5.91 Å². The van der Waals surface area contributed by atoms with Crippen LogP contribution in [-0.4, -0.2) is 43.1 Å². The monoisotopic (exact) mass is 467 g/mol. The molecule has 1 N–H and O–H groups in total. The maximum Gasteiger partial charge on any atom is 0.228 e. The molecule has 3 rings (SSSR count). The van der Waals surface area contributed by atoms with Gasteiger partial charge in [0.1, 0.15) is 0 Å². The van der Waals surface area contributed by atoms with Crippen LogP contribution in [0, 0.1) is 13.8 Å². The van der Waals surface area contributed by atoms with Gasteiger partial charge in [-0.05, 0) is 63.1 Å². The smallest absolute Gasteiger partial charge is 0.228 e. The molecule has 0 atom stereocenters. The Labute approximate surface area is 200 Å². The second-order valence-electron chi connectivity index (χ2n) is 7.76. The molecule has 0 radical (unpaired) electrons. The molecule has 1 amide bonds. The van der Waals surface area contributed by atoms with Gasteiger partial charge in [-0.15, -0.1) is 0 Å². The molecule has 8 nitrogen and oxygen atoms in total. The second-order valence-corrected chi connectivity index (χ2v) is 7.76. The van der Waals surface area contributed by atoms with E-state index in [0.29, 0.717) is 42.8 Å². The van der Waals surface area contributed by atoms with Gasteiger partial charge in [0.05, 0.1) is 57.5 Å². The molecule has 34 heavy (non-hydrogen) atoms. The number of aryl methyl sites for hydroxylation is 1. The lowest BCUT2D eigenvalue weighted by Gasteiger charge is -2.13. The van der Waals surface area contributed by atoms with Crippen LogP contribution in [0.5, 0.6) is 23.0 Å². The summed E-state index contributed by atoms with van der Waals surface area (Å²) in [5.41, 5.74) is 4.22. The van der Waals surface area contributed by atoms with Crippen LogP contribution in [0.2, 0.25) is 0 Å². The molecular formula is C26H33N3O5. The molecule has 0 saturated heterocycles. The predicted molar refractivity (Wildman–Crippen MR) is 131 cm³/mol. The zero-order valence-corrected chi connectivity index (χ0v) is 20.7. The SMILES string of the molecule is CCOc1ccc(CC(=O)Nc2c(C)nn(Cc3ccc(OC)c(OC)c3)c2C)cc1OCC. The van der Waals surface area contributed by atoms with Crippen molar-refractivity contribution >= 4 is 11.6 Å². The summed E-state index contributed by atoms with van der Waals surface area (Å²) in [7, 11) is 3.22. The van der Waals surface area contributed by atoms with E-state index < -0.39 is 0 Å². The van der Waals surface area contributed by atoms with Gasteiger partial charge in [-0.2, -0.15) is 5.10 Å². The van der Waals surface area contributed by atoms with Gasteiger partial charge in [0.15, 0.2) is 23.0 Å². The van der Waals surface area contributed by atoms with Crippen molar-refractivity contribution in [1.29, 1.82) is 0 Å². The second kappa shape index (κ2) is 11.4. The molecule has 0 saturated carbocycles. The molecule has 1 aromatic heterocycles. The predicted octanol–water partition coefficient (Wildman–Crippen LogP) is 4.54. The number of hydrogen-bond acceptors (Lipinski definition) is 6. The maximum absolute atomic E-state index is 12.8. The number of carbonyl (C=O) groups excluding carboxylic acids is 1. The number of benzene rings is 2. The van der Waals surface area contributed by atoms with Crippen LogP contribution in [0.4, 0.5) is 5.69 Å². The van der Waals surface area contributed by atoms with Crippen molar-refractivity contribution in [3.63, 3.8) is 0 Å². The minimum Gasteiger partial charge on any atom is -0.493 e. The minimum absolute atomic E-state index is 0.122. The lowest BCUT2D eigenvalue weighted by Crippen LogP contribution is -2.16. The summed E-state index contributed by atoms with van der Waals surface area (Å²) in [5.74, 6) is 2.54. The van der Waals surface area contributed by atoms with Crippen molar-refractivity contribution in [2.45, 2.75) is 40.7 Å². The maximum atomic E-state index is 12.8. The van der Waals surface area contributed by atoms with E-state index in [1.54, 1.807) is 14.2 Å². The molecule has 0 unspecified atom stereocenters. The molecule has 0 aliphatic carbocycles. The summed E-state index contributed by atoms with van der Waals surface area (Å²) < 4.78 is 23.9. The Morgan fingerprint density at radius 3 is 2.18 bits per heavy atom. The molecule has 1 heterocycles. The normalized spacial score (nSPS) is 10.6. The average Bonchev–Trinajstić information content (AvgIpc) is 3.08. The number of ether oxygens (including phenoxy) is 4. The van der Waals surface area contributed by atoms with Crippen molar-refractivity contribution in [2.24, 2.45) is 0 Å². The third-order valence-electron chi connectivity index (χ3n) is 5.40. The van der Waals surface area contributed by atoms with Crippen molar-refractivity contribution in [1.82, 2.24) is 9.78 Å². The zero-order valence-electron chi connectivity index (χ0n) is 20.7. The van der Waals surface area contributed by atoms with Crippen LogP contribution in [0.3, 0.4) is 0 Å². The first kappa shape index (κ1) is 25.0. The van der Waals surface area contributed by atoms with E-state index in [1.165, 1.54) is 0 Å². The van der Waals surface area contributed by atoms with Gasteiger partial charge < -0.3 is 24.3 Å². The van der Waals surface area contributed by atoms with E-state index >= 15 is 0 Å². The molecule has 182 valence electrons. The fraction of sp³-hybridized carbons (Fsp3) is 0.385. The summed E-state index contributed by atoms with van der Waals surface area (Å²) in [6.07, 6.45) is 0.215. The topological polar surface area (TPSA) is 83.8 Å². The first-order chi connectivity index (χ1) is 16.4. The molecule has 0 aliphatic heterocycles. The number of rotatable bonds is 11. The highest BCUT2D eigenvalue weighted by molar-refractivity contribution is 5.93. The largest absolute Gasteiger partial charge is 0.493 e. The number of amides is 1. The Balaban J connectivity index is 1.73. The number of hydrogen-bond donors (Lipinski definition) is 1. The van der Waals surface area contributed by atoms with Gasteiger partial charge in [-0.1, -0.05) is 12.1 Å². The van der Waals surface area contributed by atoms with E-state index in [1.807, 2.05) is 68.8 Å². The fourth-order valence-electron chi connectivity index (χ4n) is 3.76. The van der Waals surface area contributed by atoms with Gasteiger partial charge >= 0.3 is 0 Å². The number of carbonyl (C=O) groups is 1. The third kappa shape index (κ3) is 5.81. The number of anilines is 1. The zero-order chi connectivity index (χ0) is 24.7. The van der Waals surface area contributed by atoms with Gasteiger partial charge in [-0.25, -0.2) is 0 Å². The Morgan fingerprint density at radius 1 is 0.882 bits per heavy atom. The van der Waals surface area contributed by atoms with Crippen molar-refractivity contribution in [2.75, 3.05) is 32.8 Å². The van der Waals surface area contributed by atoms with Crippen molar-refractivity contribution < 1.29 is 23.7 Å².